The van der Waals surface area contributed by atoms with E-state index in [2.05, 4.69) is 58.4 Å². The number of hydrogen-bond acceptors (Lipinski definition) is 3. The molecule has 0 fully saturated rings. The van der Waals surface area contributed by atoms with Crippen molar-refractivity contribution in [3.05, 3.63) is 63.4 Å². The first-order chi connectivity index (χ1) is 9.11. The lowest BCUT2D eigenvalue weighted by Crippen LogP contribution is -2.31. The molecule has 1 unspecified atom stereocenters. The second-order valence-corrected chi connectivity index (χ2v) is 5.61. The lowest BCUT2D eigenvalue weighted by Gasteiger charge is -2.20. The molecule has 2 aromatic rings. The van der Waals surface area contributed by atoms with Crippen LogP contribution in [0.25, 0.3) is 0 Å². The van der Waals surface area contributed by atoms with Gasteiger partial charge < -0.3 is 0 Å². The molecule has 3 nitrogen and oxygen atoms in total. The smallest absolute Gasteiger partial charge is 0.0520 e. The van der Waals surface area contributed by atoms with Gasteiger partial charge in [-0.3, -0.25) is 16.3 Å². The SMILES string of the molecule is Cc1cccc(C)c1C(Cc1ccc(Br)cn1)NN. The van der Waals surface area contributed by atoms with Crippen LogP contribution < -0.4 is 11.3 Å². The number of nitrogens with two attached hydrogens (primary N) is 1. The predicted molar refractivity (Wildman–Crippen MR) is 81.6 cm³/mol. The number of halogens is 1. The van der Waals surface area contributed by atoms with Crippen molar-refractivity contribution in [2.45, 2.75) is 26.3 Å². The quantitative estimate of drug-likeness (QED) is 0.672. The molecule has 0 spiro atoms. The molecule has 1 aromatic heterocycles. The number of nitrogens with one attached hydrogen (secondary N) is 1. The highest BCUT2D eigenvalue weighted by Gasteiger charge is 2.15. The Morgan fingerprint density at radius 2 is 1.89 bits per heavy atom. The molecular weight excluding hydrogens is 302 g/mol. The molecule has 0 aliphatic heterocycles. The molecule has 1 aromatic carbocycles. The van der Waals surface area contributed by atoms with Gasteiger partial charge in [-0.25, -0.2) is 0 Å². The monoisotopic (exact) mass is 319 g/mol. The number of benzene rings is 1. The minimum Gasteiger partial charge on any atom is -0.271 e. The van der Waals surface area contributed by atoms with Gasteiger partial charge in [-0.15, -0.1) is 0 Å². The summed E-state index contributed by atoms with van der Waals surface area (Å²) in [6.45, 7) is 4.23. The zero-order chi connectivity index (χ0) is 13.8. The van der Waals surface area contributed by atoms with Gasteiger partial charge in [-0.2, -0.15) is 0 Å². The van der Waals surface area contributed by atoms with Gasteiger partial charge in [0.05, 0.1) is 6.04 Å². The van der Waals surface area contributed by atoms with E-state index < -0.39 is 0 Å². The van der Waals surface area contributed by atoms with E-state index in [4.69, 9.17) is 5.84 Å². The number of pyridine rings is 1. The Kier molecular flexibility index (Phi) is 4.69. The number of rotatable bonds is 4. The molecule has 2 rings (SSSR count). The molecule has 0 radical (unpaired) electrons. The van der Waals surface area contributed by atoms with Crippen LogP contribution in [-0.2, 0) is 6.42 Å². The highest BCUT2D eigenvalue weighted by molar-refractivity contribution is 9.10. The van der Waals surface area contributed by atoms with Crippen LogP contribution in [0.2, 0.25) is 0 Å². The molecule has 1 heterocycles. The minimum atomic E-state index is 0.0786. The lowest BCUT2D eigenvalue weighted by molar-refractivity contribution is 0.541. The predicted octanol–water partition coefficient (Wildman–Crippen LogP) is 3.21. The Morgan fingerprint density at radius 3 is 2.42 bits per heavy atom. The average Bonchev–Trinajstić information content (AvgIpc) is 2.39. The van der Waals surface area contributed by atoms with Crippen LogP contribution in [0.3, 0.4) is 0 Å². The van der Waals surface area contributed by atoms with Crippen LogP contribution in [0, 0.1) is 13.8 Å². The Balaban J connectivity index is 2.27. The summed E-state index contributed by atoms with van der Waals surface area (Å²) < 4.78 is 0.987. The van der Waals surface area contributed by atoms with Crippen molar-refractivity contribution in [2.75, 3.05) is 0 Å². The first-order valence-electron chi connectivity index (χ1n) is 6.24. The van der Waals surface area contributed by atoms with Crippen molar-refractivity contribution in [1.29, 1.82) is 0 Å². The largest absolute Gasteiger partial charge is 0.271 e. The fourth-order valence-corrected chi connectivity index (χ4v) is 2.59. The van der Waals surface area contributed by atoms with Crippen LogP contribution in [-0.4, -0.2) is 4.98 Å². The number of hydrogen-bond donors (Lipinski definition) is 2. The van der Waals surface area contributed by atoms with E-state index >= 15 is 0 Å². The van der Waals surface area contributed by atoms with Crippen molar-refractivity contribution < 1.29 is 0 Å². The molecule has 0 saturated heterocycles. The van der Waals surface area contributed by atoms with Gasteiger partial charge in [0.25, 0.3) is 0 Å². The molecule has 4 heteroatoms. The molecule has 0 aliphatic rings. The van der Waals surface area contributed by atoms with Crippen LogP contribution in [0.5, 0.6) is 0 Å². The third-order valence-electron chi connectivity index (χ3n) is 3.29. The minimum absolute atomic E-state index is 0.0786. The van der Waals surface area contributed by atoms with Gasteiger partial charge >= 0.3 is 0 Å². The van der Waals surface area contributed by atoms with Gasteiger partial charge in [-0.05, 0) is 58.6 Å². The molecule has 100 valence electrons. The highest BCUT2D eigenvalue weighted by Crippen LogP contribution is 2.24. The molecule has 0 amide bonds. The zero-order valence-electron chi connectivity index (χ0n) is 11.2. The van der Waals surface area contributed by atoms with Gasteiger partial charge in [0.15, 0.2) is 0 Å². The standard InChI is InChI=1S/C15H18BrN3/c1-10-4-3-5-11(2)15(10)14(19-17)8-13-7-6-12(16)9-18-13/h3-7,9,14,19H,8,17H2,1-2H3. The van der Waals surface area contributed by atoms with E-state index in [1.807, 2.05) is 18.3 Å². The normalized spacial score (nSPS) is 12.4. The van der Waals surface area contributed by atoms with E-state index in [9.17, 15) is 0 Å². The lowest BCUT2D eigenvalue weighted by atomic mass is 9.93. The molecule has 0 aliphatic carbocycles. The van der Waals surface area contributed by atoms with Crippen molar-refractivity contribution in [3.8, 4) is 0 Å². The Labute approximate surface area is 122 Å². The maximum absolute atomic E-state index is 5.73. The fraction of sp³-hybridized carbons (Fsp3) is 0.267. The van der Waals surface area contributed by atoms with Gasteiger partial charge in [0, 0.05) is 22.8 Å². The van der Waals surface area contributed by atoms with Crippen molar-refractivity contribution in [2.24, 2.45) is 5.84 Å². The molecule has 19 heavy (non-hydrogen) atoms. The van der Waals surface area contributed by atoms with Crippen LogP contribution >= 0.6 is 15.9 Å². The Bertz CT molecular complexity index is 532. The topological polar surface area (TPSA) is 50.9 Å². The van der Waals surface area contributed by atoms with E-state index in [1.54, 1.807) is 0 Å². The van der Waals surface area contributed by atoms with Gasteiger partial charge in [0.2, 0.25) is 0 Å². The molecule has 0 bridgehead atoms. The van der Waals surface area contributed by atoms with Gasteiger partial charge in [0.1, 0.15) is 0 Å². The maximum Gasteiger partial charge on any atom is 0.0520 e. The van der Waals surface area contributed by atoms with Crippen molar-refractivity contribution in [3.63, 3.8) is 0 Å². The number of aryl methyl sites for hydroxylation is 2. The third kappa shape index (κ3) is 3.41. The second-order valence-electron chi connectivity index (χ2n) is 4.70. The Hall–Kier alpha value is -1.23. The summed E-state index contributed by atoms with van der Waals surface area (Å²) in [5.41, 5.74) is 7.69. The summed E-state index contributed by atoms with van der Waals surface area (Å²) in [5, 5.41) is 0. The highest BCUT2D eigenvalue weighted by atomic mass is 79.9. The van der Waals surface area contributed by atoms with Gasteiger partial charge in [-0.1, -0.05) is 18.2 Å². The van der Waals surface area contributed by atoms with E-state index in [0.29, 0.717) is 0 Å². The van der Waals surface area contributed by atoms with E-state index in [0.717, 1.165) is 16.6 Å². The number of aromatic nitrogens is 1. The Morgan fingerprint density at radius 1 is 1.21 bits per heavy atom. The third-order valence-corrected chi connectivity index (χ3v) is 3.76. The number of nitrogens with zero attached hydrogens (tertiary/aromatic N) is 1. The van der Waals surface area contributed by atoms with Crippen molar-refractivity contribution >= 4 is 15.9 Å². The fourth-order valence-electron chi connectivity index (χ4n) is 2.36. The van der Waals surface area contributed by atoms with Crippen LogP contribution in [0.4, 0.5) is 0 Å². The average molecular weight is 320 g/mol. The maximum atomic E-state index is 5.73. The molecule has 1 atom stereocenters. The van der Waals surface area contributed by atoms with E-state index in [-0.39, 0.29) is 6.04 Å². The summed E-state index contributed by atoms with van der Waals surface area (Å²) in [5.74, 6) is 5.73. The molecule has 3 N–H and O–H groups in total. The van der Waals surface area contributed by atoms with Crippen LogP contribution in [0.15, 0.2) is 41.0 Å². The molecular formula is C15H18BrN3. The number of hydrazine groups is 1. The summed E-state index contributed by atoms with van der Waals surface area (Å²) in [4.78, 5) is 4.41. The first kappa shape index (κ1) is 14.2. The summed E-state index contributed by atoms with van der Waals surface area (Å²) in [6.07, 6.45) is 2.59. The van der Waals surface area contributed by atoms with E-state index in [1.165, 1.54) is 16.7 Å². The van der Waals surface area contributed by atoms with Crippen LogP contribution in [0.1, 0.15) is 28.4 Å². The van der Waals surface area contributed by atoms with Crippen molar-refractivity contribution in [1.82, 2.24) is 10.4 Å². The zero-order valence-corrected chi connectivity index (χ0v) is 12.7. The summed E-state index contributed by atoms with van der Waals surface area (Å²) >= 11 is 3.39. The molecule has 0 saturated carbocycles. The second kappa shape index (κ2) is 6.28. The first-order valence-corrected chi connectivity index (χ1v) is 7.03. The summed E-state index contributed by atoms with van der Waals surface area (Å²) in [7, 11) is 0. The summed E-state index contributed by atoms with van der Waals surface area (Å²) in [6, 6.07) is 10.4.